The lowest BCUT2D eigenvalue weighted by molar-refractivity contribution is 0.0944. The number of nitrogens with one attached hydrogen (secondary N) is 2. The fourth-order valence-corrected chi connectivity index (χ4v) is 3.46. The Labute approximate surface area is 185 Å². The highest BCUT2D eigenvalue weighted by Gasteiger charge is 2.17. The zero-order valence-electron chi connectivity index (χ0n) is 17.2. The van der Waals surface area contributed by atoms with Crippen LogP contribution in [0.4, 0.5) is 10.5 Å². The van der Waals surface area contributed by atoms with E-state index in [9.17, 15) is 9.59 Å². The summed E-state index contributed by atoms with van der Waals surface area (Å²) in [6, 6.07) is 6.65. The van der Waals surface area contributed by atoms with E-state index < -0.39 is 0 Å². The van der Waals surface area contributed by atoms with Gasteiger partial charge in [0.25, 0.3) is 5.91 Å². The van der Waals surface area contributed by atoms with Gasteiger partial charge in [-0.15, -0.1) is 11.3 Å². The minimum atomic E-state index is -0.255. The van der Waals surface area contributed by atoms with E-state index >= 15 is 0 Å². The number of thiazole rings is 1. The second-order valence-electron chi connectivity index (χ2n) is 6.43. The summed E-state index contributed by atoms with van der Waals surface area (Å²) in [6.45, 7) is 2.43. The van der Waals surface area contributed by atoms with Gasteiger partial charge in [-0.25, -0.2) is 9.78 Å². The van der Waals surface area contributed by atoms with Gasteiger partial charge in [-0.2, -0.15) is 0 Å². The number of benzene rings is 1. The average molecular weight is 455 g/mol. The highest BCUT2D eigenvalue weighted by molar-refractivity contribution is 7.09. The standard InChI is InChI=1S/C20H27ClN4O4S/c1-28-11-3-9-22-19(26)17-14-30-18(24-17)13-25(10-4-12-29-2)20(27)23-16-7-5-15(21)6-8-16/h5-8,14H,3-4,9-13H2,1-2H3,(H,22,26)(H,23,27). The molecule has 0 saturated heterocycles. The van der Waals surface area contributed by atoms with Crippen LogP contribution in [0.3, 0.4) is 0 Å². The maximum atomic E-state index is 12.8. The Morgan fingerprint density at radius 2 is 1.83 bits per heavy atom. The summed E-state index contributed by atoms with van der Waals surface area (Å²) in [5.41, 5.74) is 0.999. The van der Waals surface area contributed by atoms with Crippen LogP contribution in [0.1, 0.15) is 28.3 Å². The first kappa shape index (κ1) is 24.1. The van der Waals surface area contributed by atoms with Crippen LogP contribution in [0.2, 0.25) is 5.02 Å². The molecule has 0 aliphatic rings. The molecule has 1 aromatic carbocycles. The van der Waals surface area contributed by atoms with Gasteiger partial charge in [0.1, 0.15) is 10.7 Å². The molecule has 2 aromatic rings. The Morgan fingerprint density at radius 1 is 1.13 bits per heavy atom. The molecule has 1 heterocycles. The van der Waals surface area contributed by atoms with Crippen molar-refractivity contribution in [1.29, 1.82) is 0 Å². The first-order valence-corrected chi connectivity index (χ1v) is 10.8. The van der Waals surface area contributed by atoms with Gasteiger partial charge in [0.2, 0.25) is 0 Å². The molecule has 0 saturated carbocycles. The quantitative estimate of drug-likeness (QED) is 0.478. The van der Waals surface area contributed by atoms with Gasteiger partial charge < -0.3 is 25.0 Å². The fraction of sp³-hybridized carbons (Fsp3) is 0.450. The molecule has 10 heteroatoms. The van der Waals surface area contributed by atoms with Gasteiger partial charge in [0, 0.05) is 56.6 Å². The van der Waals surface area contributed by atoms with Crippen LogP contribution in [0.15, 0.2) is 29.6 Å². The molecule has 0 bridgehead atoms. The third kappa shape index (κ3) is 8.27. The molecule has 30 heavy (non-hydrogen) atoms. The van der Waals surface area contributed by atoms with Crippen molar-refractivity contribution in [3.8, 4) is 0 Å². The Bertz CT molecular complexity index is 800. The smallest absolute Gasteiger partial charge is 0.322 e. The van der Waals surface area contributed by atoms with Crippen molar-refractivity contribution in [3.05, 3.63) is 45.4 Å². The number of anilines is 1. The van der Waals surface area contributed by atoms with Crippen molar-refractivity contribution in [2.75, 3.05) is 45.8 Å². The molecular weight excluding hydrogens is 428 g/mol. The van der Waals surface area contributed by atoms with Crippen molar-refractivity contribution in [2.45, 2.75) is 19.4 Å². The van der Waals surface area contributed by atoms with E-state index in [4.69, 9.17) is 21.1 Å². The number of ether oxygens (including phenoxy) is 2. The number of methoxy groups -OCH3 is 2. The summed E-state index contributed by atoms with van der Waals surface area (Å²) in [5, 5.41) is 8.65. The number of urea groups is 1. The number of aromatic nitrogens is 1. The van der Waals surface area contributed by atoms with Gasteiger partial charge in [-0.1, -0.05) is 11.6 Å². The van der Waals surface area contributed by atoms with Crippen molar-refractivity contribution < 1.29 is 19.1 Å². The van der Waals surface area contributed by atoms with Gasteiger partial charge in [0.05, 0.1) is 6.54 Å². The molecule has 0 aliphatic carbocycles. The molecule has 3 amide bonds. The van der Waals surface area contributed by atoms with Crippen molar-refractivity contribution in [3.63, 3.8) is 0 Å². The molecule has 0 atom stereocenters. The molecule has 0 radical (unpaired) electrons. The van der Waals surface area contributed by atoms with Crippen LogP contribution in [0, 0.1) is 0 Å². The summed E-state index contributed by atoms with van der Waals surface area (Å²) >= 11 is 7.24. The molecule has 164 valence electrons. The van der Waals surface area contributed by atoms with Crippen LogP contribution in [-0.2, 0) is 16.0 Å². The second-order valence-corrected chi connectivity index (χ2v) is 7.81. The van der Waals surface area contributed by atoms with E-state index in [0.29, 0.717) is 60.7 Å². The Balaban J connectivity index is 1.98. The lowest BCUT2D eigenvalue weighted by Crippen LogP contribution is -2.35. The van der Waals surface area contributed by atoms with Crippen LogP contribution in [0.5, 0.6) is 0 Å². The predicted molar refractivity (Wildman–Crippen MR) is 118 cm³/mol. The lowest BCUT2D eigenvalue weighted by Gasteiger charge is -2.22. The molecule has 0 fully saturated rings. The van der Waals surface area contributed by atoms with Crippen molar-refractivity contribution >= 4 is 40.6 Å². The van der Waals surface area contributed by atoms with Crippen LogP contribution in [-0.4, -0.2) is 62.3 Å². The Kier molecular flexibility index (Phi) is 10.6. The number of rotatable bonds is 12. The number of hydrogen-bond acceptors (Lipinski definition) is 6. The van der Waals surface area contributed by atoms with Gasteiger partial charge >= 0.3 is 6.03 Å². The normalized spacial score (nSPS) is 10.6. The van der Waals surface area contributed by atoms with Crippen LogP contribution >= 0.6 is 22.9 Å². The minimum Gasteiger partial charge on any atom is -0.385 e. The van der Waals surface area contributed by atoms with E-state index in [0.717, 1.165) is 6.42 Å². The van der Waals surface area contributed by atoms with Crippen molar-refractivity contribution in [1.82, 2.24) is 15.2 Å². The third-order valence-corrected chi connectivity index (χ3v) is 5.17. The minimum absolute atomic E-state index is 0.231. The maximum absolute atomic E-state index is 12.8. The highest BCUT2D eigenvalue weighted by Crippen LogP contribution is 2.16. The zero-order valence-corrected chi connectivity index (χ0v) is 18.7. The molecular formula is C20H27ClN4O4S. The molecule has 0 spiro atoms. The first-order chi connectivity index (χ1) is 14.5. The number of nitrogens with zero attached hydrogens (tertiary/aromatic N) is 2. The van der Waals surface area contributed by atoms with E-state index in [1.807, 2.05) is 0 Å². The Hall–Kier alpha value is -2.20. The molecule has 2 N–H and O–H groups in total. The number of hydrogen-bond donors (Lipinski definition) is 2. The van der Waals surface area contributed by atoms with Crippen molar-refractivity contribution in [2.24, 2.45) is 0 Å². The summed E-state index contributed by atoms with van der Waals surface area (Å²) in [4.78, 5) is 31.0. The fourth-order valence-electron chi connectivity index (χ4n) is 2.55. The SMILES string of the molecule is COCCCNC(=O)c1csc(CN(CCCOC)C(=O)Nc2ccc(Cl)cc2)n1. The van der Waals surface area contributed by atoms with Gasteiger partial charge in [0.15, 0.2) is 0 Å². The highest BCUT2D eigenvalue weighted by atomic mass is 35.5. The molecule has 0 aliphatic heterocycles. The predicted octanol–water partition coefficient (Wildman–Crippen LogP) is 3.63. The van der Waals surface area contributed by atoms with Gasteiger partial charge in [-0.3, -0.25) is 4.79 Å². The number of carbonyl (C=O) groups excluding carboxylic acids is 2. The lowest BCUT2D eigenvalue weighted by atomic mass is 10.3. The van der Waals surface area contributed by atoms with E-state index in [-0.39, 0.29) is 11.9 Å². The monoisotopic (exact) mass is 454 g/mol. The molecule has 0 unspecified atom stereocenters. The second kappa shape index (κ2) is 13.2. The third-order valence-electron chi connectivity index (χ3n) is 4.08. The Morgan fingerprint density at radius 3 is 2.53 bits per heavy atom. The number of halogens is 1. The van der Waals surface area contributed by atoms with E-state index in [2.05, 4.69) is 15.6 Å². The molecule has 1 aromatic heterocycles. The molecule has 8 nitrogen and oxygen atoms in total. The zero-order chi connectivity index (χ0) is 21.8. The molecule has 2 rings (SSSR count). The first-order valence-electron chi connectivity index (χ1n) is 9.55. The summed E-state index contributed by atoms with van der Waals surface area (Å²) in [6.07, 6.45) is 1.42. The topological polar surface area (TPSA) is 92.8 Å². The summed E-state index contributed by atoms with van der Waals surface area (Å²) < 4.78 is 10.1. The van der Waals surface area contributed by atoms with Crippen LogP contribution < -0.4 is 10.6 Å². The van der Waals surface area contributed by atoms with E-state index in [1.54, 1.807) is 48.8 Å². The number of carbonyl (C=O) groups is 2. The number of amides is 3. The summed E-state index contributed by atoms with van der Waals surface area (Å²) in [5.74, 6) is -0.231. The largest absolute Gasteiger partial charge is 0.385 e. The average Bonchev–Trinajstić information content (AvgIpc) is 3.21. The van der Waals surface area contributed by atoms with E-state index in [1.165, 1.54) is 11.3 Å². The maximum Gasteiger partial charge on any atom is 0.322 e. The van der Waals surface area contributed by atoms with Gasteiger partial charge in [-0.05, 0) is 37.1 Å². The summed E-state index contributed by atoms with van der Waals surface area (Å²) in [7, 11) is 3.24. The van der Waals surface area contributed by atoms with Crippen LogP contribution in [0.25, 0.3) is 0 Å².